The van der Waals surface area contributed by atoms with Crippen molar-refractivity contribution in [2.45, 2.75) is 25.8 Å². The minimum absolute atomic E-state index is 0.802. The third kappa shape index (κ3) is 3.55. The predicted molar refractivity (Wildman–Crippen MR) is 74.4 cm³/mol. The molecule has 0 bridgehead atoms. The molecule has 2 aromatic heterocycles. The molecule has 0 radical (unpaired) electrons. The zero-order valence-electron chi connectivity index (χ0n) is 11.0. The van der Waals surface area contributed by atoms with Gasteiger partial charge in [0, 0.05) is 18.9 Å². The van der Waals surface area contributed by atoms with Crippen molar-refractivity contribution >= 4 is 5.65 Å². The second-order valence-corrected chi connectivity index (χ2v) is 4.79. The Morgan fingerprint density at radius 3 is 2.94 bits per heavy atom. The van der Waals surface area contributed by atoms with E-state index in [1.54, 1.807) is 0 Å². The highest BCUT2D eigenvalue weighted by atomic mass is 15.1. The first-order chi connectivity index (χ1) is 8.79. The molecule has 2 heterocycles. The average molecular weight is 246 g/mol. The Balaban J connectivity index is 1.84. The van der Waals surface area contributed by atoms with Crippen molar-refractivity contribution in [3.8, 4) is 0 Å². The summed E-state index contributed by atoms with van der Waals surface area (Å²) in [4.78, 5) is 6.92. The van der Waals surface area contributed by atoms with Crippen molar-refractivity contribution < 1.29 is 0 Å². The number of pyridine rings is 1. The smallest absolute Gasteiger partial charge is 0.137 e. The third-order valence-corrected chi connectivity index (χ3v) is 3.09. The van der Waals surface area contributed by atoms with E-state index in [0.717, 1.165) is 37.4 Å². The van der Waals surface area contributed by atoms with Crippen molar-refractivity contribution in [3.05, 3.63) is 36.3 Å². The topological polar surface area (TPSA) is 46.6 Å². The maximum atomic E-state index is 5.49. The van der Waals surface area contributed by atoms with Crippen LogP contribution < -0.4 is 5.73 Å². The fourth-order valence-corrected chi connectivity index (χ4v) is 2.12. The molecule has 0 spiro atoms. The van der Waals surface area contributed by atoms with E-state index in [9.17, 15) is 0 Å². The van der Waals surface area contributed by atoms with Gasteiger partial charge in [-0.05, 0) is 45.1 Å². The summed E-state index contributed by atoms with van der Waals surface area (Å²) in [5, 5.41) is 0. The van der Waals surface area contributed by atoms with Gasteiger partial charge in [0.2, 0.25) is 0 Å². The van der Waals surface area contributed by atoms with Gasteiger partial charge in [-0.3, -0.25) is 0 Å². The van der Waals surface area contributed by atoms with E-state index >= 15 is 0 Å². The quantitative estimate of drug-likeness (QED) is 0.759. The Hall–Kier alpha value is -1.39. The third-order valence-electron chi connectivity index (χ3n) is 3.09. The molecular formula is C14H22N4. The molecule has 0 atom stereocenters. The molecule has 0 saturated heterocycles. The van der Waals surface area contributed by atoms with E-state index in [-0.39, 0.29) is 0 Å². The molecule has 98 valence electrons. The summed E-state index contributed by atoms with van der Waals surface area (Å²) in [6, 6.07) is 6.07. The summed E-state index contributed by atoms with van der Waals surface area (Å²) in [6.45, 7) is 2.81. The average Bonchev–Trinajstić information content (AvgIpc) is 2.76. The molecule has 0 unspecified atom stereocenters. The molecule has 0 aliphatic carbocycles. The molecule has 0 aliphatic rings. The number of aromatic nitrogens is 2. The highest BCUT2D eigenvalue weighted by molar-refractivity contribution is 5.39. The summed E-state index contributed by atoms with van der Waals surface area (Å²) >= 11 is 0. The molecule has 2 N–H and O–H groups in total. The molecular weight excluding hydrogens is 224 g/mol. The van der Waals surface area contributed by atoms with Crippen molar-refractivity contribution in [3.63, 3.8) is 0 Å². The Labute approximate surface area is 108 Å². The number of hydrogen-bond donors (Lipinski definition) is 1. The van der Waals surface area contributed by atoms with Crippen molar-refractivity contribution in [1.29, 1.82) is 0 Å². The molecule has 0 aromatic carbocycles. The number of unbranched alkanes of at least 4 members (excludes halogenated alkanes) is 2. The molecule has 2 rings (SSSR count). The molecule has 0 aliphatic heterocycles. The lowest BCUT2D eigenvalue weighted by Gasteiger charge is -2.14. The van der Waals surface area contributed by atoms with Crippen LogP contribution in [-0.4, -0.2) is 34.4 Å². The Morgan fingerprint density at radius 2 is 2.17 bits per heavy atom. The van der Waals surface area contributed by atoms with E-state index in [1.165, 1.54) is 12.8 Å². The summed E-state index contributed by atoms with van der Waals surface area (Å²) < 4.78 is 2.07. The van der Waals surface area contributed by atoms with Crippen LogP contribution in [0.1, 0.15) is 25.0 Å². The number of fused-ring (bicyclic) bond motifs is 1. The van der Waals surface area contributed by atoms with Gasteiger partial charge in [0.25, 0.3) is 0 Å². The molecule has 0 amide bonds. The van der Waals surface area contributed by atoms with Gasteiger partial charge in [-0.25, -0.2) is 4.98 Å². The molecule has 2 aromatic rings. The van der Waals surface area contributed by atoms with E-state index in [2.05, 4.69) is 27.5 Å². The Morgan fingerprint density at radius 1 is 1.28 bits per heavy atom. The van der Waals surface area contributed by atoms with Crippen LogP contribution in [0.2, 0.25) is 0 Å². The maximum absolute atomic E-state index is 5.49. The van der Waals surface area contributed by atoms with Crippen LogP contribution in [0.4, 0.5) is 0 Å². The van der Waals surface area contributed by atoms with Crippen LogP contribution in [-0.2, 0) is 6.54 Å². The first kappa shape index (κ1) is 13.1. The summed E-state index contributed by atoms with van der Waals surface area (Å²) in [7, 11) is 2.15. The molecule has 0 saturated carbocycles. The van der Waals surface area contributed by atoms with Gasteiger partial charge in [-0.1, -0.05) is 12.5 Å². The standard InChI is InChI=1S/C14H22N4/c1-17(9-5-2-4-8-15)11-13-12-18-10-6-3-7-14(18)16-13/h3,6-7,10,12H,2,4-5,8-9,11,15H2,1H3. The predicted octanol–water partition coefficient (Wildman–Crippen LogP) is 1.90. The molecule has 4 nitrogen and oxygen atoms in total. The van der Waals surface area contributed by atoms with E-state index in [4.69, 9.17) is 5.73 Å². The fraction of sp³-hybridized carbons (Fsp3) is 0.500. The maximum Gasteiger partial charge on any atom is 0.137 e. The van der Waals surface area contributed by atoms with E-state index in [0.29, 0.717) is 0 Å². The number of imidazole rings is 1. The van der Waals surface area contributed by atoms with Crippen molar-refractivity contribution in [2.24, 2.45) is 5.73 Å². The van der Waals surface area contributed by atoms with Gasteiger partial charge < -0.3 is 15.0 Å². The van der Waals surface area contributed by atoms with Crippen LogP contribution in [0.25, 0.3) is 5.65 Å². The van der Waals surface area contributed by atoms with Gasteiger partial charge in [0.1, 0.15) is 5.65 Å². The largest absolute Gasteiger partial charge is 0.330 e. The summed E-state index contributed by atoms with van der Waals surface area (Å²) in [5.41, 5.74) is 7.63. The van der Waals surface area contributed by atoms with Crippen LogP contribution in [0.3, 0.4) is 0 Å². The lowest BCUT2D eigenvalue weighted by atomic mass is 10.2. The number of rotatable bonds is 7. The van der Waals surface area contributed by atoms with Crippen LogP contribution in [0, 0.1) is 0 Å². The minimum atomic E-state index is 0.802. The first-order valence-corrected chi connectivity index (χ1v) is 6.61. The number of nitrogens with two attached hydrogens (primary N) is 1. The van der Waals surface area contributed by atoms with Crippen LogP contribution in [0.15, 0.2) is 30.6 Å². The van der Waals surface area contributed by atoms with Crippen LogP contribution in [0.5, 0.6) is 0 Å². The normalized spacial score (nSPS) is 11.5. The lowest BCUT2D eigenvalue weighted by Crippen LogP contribution is -2.19. The Kier molecular flexibility index (Phi) is 4.73. The summed E-state index contributed by atoms with van der Waals surface area (Å²) in [6.07, 6.45) is 7.69. The lowest BCUT2D eigenvalue weighted by molar-refractivity contribution is 0.314. The first-order valence-electron chi connectivity index (χ1n) is 6.61. The fourth-order valence-electron chi connectivity index (χ4n) is 2.12. The number of nitrogens with zero attached hydrogens (tertiary/aromatic N) is 3. The highest BCUT2D eigenvalue weighted by Gasteiger charge is 2.04. The van der Waals surface area contributed by atoms with Gasteiger partial charge >= 0.3 is 0 Å². The molecule has 0 fully saturated rings. The van der Waals surface area contributed by atoms with E-state index < -0.39 is 0 Å². The monoisotopic (exact) mass is 246 g/mol. The zero-order chi connectivity index (χ0) is 12.8. The second-order valence-electron chi connectivity index (χ2n) is 4.79. The van der Waals surface area contributed by atoms with Crippen molar-refractivity contribution in [2.75, 3.05) is 20.1 Å². The van der Waals surface area contributed by atoms with Gasteiger partial charge in [0.15, 0.2) is 0 Å². The Bertz CT molecular complexity index is 444. The zero-order valence-corrected chi connectivity index (χ0v) is 11.0. The van der Waals surface area contributed by atoms with E-state index in [1.807, 2.05) is 24.4 Å². The summed E-state index contributed by atoms with van der Waals surface area (Å²) in [5.74, 6) is 0. The number of hydrogen-bond acceptors (Lipinski definition) is 3. The van der Waals surface area contributed by atoms with Gasteiger partial charge in [-0.15, -0.1) is 0 Å². The minimum Gasteiger partial charge on any atom is -0.330 e. The van der Waals surface area contributed by atoms with Gasteiger partial charge in [-0.2, -0.15) is 0 Å². The highest BCUT2D eigenvalue weighted by Crippen LogP contribution is 2.07. The van der Waals surface area contributed by atoms with Crippen molar-refractivity contribution in [1.82, 2.24) is 14.3 Å². The molecule has 4 heteroatoms. The molecule has 18 heavy (non-hydrogen) atoms. The van der Waals surface area contributed by atoms with Gasteiger partial charge in [0.05, 0.1) is 5.69 Å². The second kappa shape index (κ2) is 6.52. The SMILES string of the molecule is CN(CCCCCN)Cc1cn2ccccc2n1. The van der Waals surface area contributed by atoms with Crippen LogP contribution >= 0.6 is 0 Å².